The Bertz CT molecular complexity index is 3050. The van der Waals surface area contributed by atoms with Gasteiger partial charge in [-0.3, -0.25) is 47.5 Å². The summed E-state index contributed by atoms with van der Waals surface area (Å²) >= 11 is 0. The van der Waals surface area contributed by atoms with Gasteiger partial charge in [0.25, 0.3) is 0 Å². The Hall–Kier alpha value is -8.23. The summed E-state index contributed by atoms with van der Waals surface area (Å²) in [6.07, 6.45) is -11.4. The number of alkyl carbamates (subject to hydrolysis) is 4. The number of aliphatic carboxylic acids is 2. The quantitative estimate of drug-likeness (QED) is 0.0283. The normalized spacial score (nSPS) is 17.5. The largest absolute Gasteiger partial charge is 0.480 e. The number of nitrogens with two attached hydrogens (primary N) is 2. The van der Waals surface area contributed by atoms with Crippen LogP contribution in [0.15, 0.2) is 0 Å². The maximum Gasteiger partial charge on any atom is 0.446 e. The van der Waals surface area contributed by atoms with Crippen molar-refractivity contribution in [1.82, 2.24) is 46.2 Å². The number of alkyl halides is 7. The van der Waals surface area contributed by atoms with E-state index in [1.165, 1.54) is 6.92 Å². The molecule has 0 bridgehead atoms. The molecule has 0 aromatic rings. The molecule has 5 fully saturated rings. The molecule has 43 heteroatoms. The van der Waals surface area contributed by atoms with Crippen molar-refractivity contribution in [3.8, 4) is 0 Å². The molecule has 720 valence electrons. The van der Waals surface area contributed by atoms with Gasteiger partial charge in [0.2, 0.25) is 36.2 Å². The second-order valence-corrected chi connectivity index (χ2v) is 32.7. The van der Waals surface area contributed by atoms with Gasteiger partial charge in [0.05, 0.1) is 92.7 Å². The van der Waals surface area contributed by atoms with Crippen molar-refractivity contribution in [3.05, 3.63) is 0 Å². The minimum absolute atomic E-state index is 0.0107. The zero-order valence-electron chi connectivity index (χ0n) is 77.3. The lowest BCUT2D eigenvalue weighted by molar-refractivity contribution is -0.156. The Morgan fingerprint density at radius 2 is 0.667 bits per heavy atom. The number of hydrogen-bond acceptors (Lipinski definition) is 26. The number of amides is 8. The molecule has 0 aromatic carbocycles. The van der Waals surface area contributed by atoms with E-state index >= 15 is 0 Å². The van der Waals surface area contributed by atoms with Gasteiger partial charge in [-0.15, -0.1) is 0 Å². The minimum Gasteiger partial charge on any atom is -0.480 e. The van der Waals surface area contributed by atoms with E-state index in [0.29, 0.717) is 112 Å². The molecule has 5 heterocycles. The van der Waals surface area contributed by atoms with Crippen molar-refractivity contribution in [2.45, 2.75) is 262 Å². The summed E-state index contributed by atoms with van der Waals surface area (Å²) in [6.45, 7) is 54.0. The predicted octanol–water partition coefficient (Wildman–Crippen LogP) is 7.83. The summed E-state index contributed by atoms with van der Waals surface area (Å²) in [6, 6.07) is -3.92. The van der Waals surface area contributed by atoms with Crippen LogP contribution < -0.4 is 38.1 Å². The Kier molecular flexibility index (Phi) is 63.5. The van der Waals surface area contributed by atoms with Crippen molar-refractivity contribution in [1.29, 1.82) is 0 Å². The second kappa shape index (κ2) is 64.5. The van der Waals surface area contributed by atoms with Crippen LogP contribution in [0.3, 0.4) is 0 Å². The van der Waals surface area contributed by atoms with Crippen molar-refractivity contribution in [3.63, 3.8) is 0 Å². The third-order valence-corrected chi connectivity index (χ3v) is 16.9. The average molecular weight is 1800 g/mol. The summed E-state index contributed by atoms with van der Waals surface area (Å²) < 4.78 is 124. The van der Waals surface area contributed by atoms with E-state index < -0.39 is 127 Å². The monoisotopic (exact) mass is 1800 g/mol. The highest BCUT2D eigenvalue weighted by atomic mass is 19.4. The molecule has 0 spiro atoms. The standard InChI is InChI=1S/C19H34N2O5.C14H26N2O3.C12H22N2O4.C11H21NO4.C8H15NO4.C7H14N2O2.C4H9NO.2C2HF3O.CH3F/c1-7-13(2)16(20-18(24)26-19(4,5)6)15(22)12-14(3)17(23)21-8-10-25-11-9-21;1-4-10(2)13(15)12(17)9-11(3)14(18)16-5-7-19-8-6-16;1-9(13-11(16)18-12(2,3)4)10(15)14-5-7-17-8-6-14;1-6-7(2)8(9(13)14)12-10(15)16-11(3,4)5;1-5(6(10)11)9-7(12)13-8(2,3)4;1-6(8)7(10)9-2-4-11-5-3-9;1-3-6-4-2-5-1;2*3-2(4,5)1-6;1-2/h13-14,16H,7-12H2,1-6H3,(H,20,24);10-11,13H,4-9,15H2,1-3H3;9H,5-8H2,1-4H3,(H,13,16);7-8H,6H2,1-5H3,(H,12,15)(H,13,14);5H,1-4H3,(H,9,12)(H,10,11);6H,2-5,8H2,1H3;5H,1-4H2;2*1H;1H3/t13-,14+,16-;10-,11+,13-;9-;7-,8-;5-;6-;;;;/m000000..../s1/i;;;;;;;;;1D. The molecule has 0 unspecified atom stereocenters. The molecule has 5 saturated heterocycles. The maximum atomic E-state index is 12.8. The number of nitrogens with one attached hydrogen (secondary N) is 5. The third kappa shape index (κ3) is 66.9. The first kappa shape index (κ1) is 121. The summed E-state index contributed by atoms with van der Waals surface area (Å²) in [5.41, 5.74) is 8.91. The molecular formula is C80H146F7N11O25. The van der Waals surface area contributed by atoms with Gasteiger partial charge in [-0.1, -0.05) is 74.7 Å². The summed E-state index contributed by atoms with van der Waals surface area (Å²) in [5.74, 6) is -3.10. The van der Waals surface area contributed by atoms with Gasteiger partial charge in [0.1, 0.15) is 40.5 Å². The van der Waals surface area contributed by atoms with Crippen molar-refractivity contribution >= 4 is 84.1 Å². The fourth-order valence-electron chi connectivity index (χ4n) is 9.87. The molecule has 8 amide bonds. The Balaban J connectivity index is -0.000000441. The lowest BCUT2D eigenvalue weighted by Gasteiger charge is -2.30. The highest BCUT2D eigenvalue weighted by molar-refractivity contribution is 5.92. The van der Waals surface area contributed by atoms with Crippen LogP contribution in [0.25, 0.3) is 0 Å². The van der Waals surface area contributed by atoms with Crippen molar-refractivity contribution in [2.24, 2.45) is 41.1 Å². The number of halogens is 7. The molecule has 0 saturated carbocycles. The number of hydrogen-bond donors (Lipinski definition) is 9. The molecule has 5 aliphatic rings. The first-order valence-corrected chi connectivity index (χ1v) is 40.6. The number of morpholine rings is 5. The van der Waals surface area contributed by atoms with Gasteiger partial charge >= 0.3 is 48.7 Å². The van der Waals surface area contributed by atoms with Crippen LogP contribution in [0, 0.1) is 29.6 Å². The first-order chi connectivity index (χ1) is 57.0. The van der Waals surface area contributed by atoms with Gasteiger partial charge < -0.3 is 110 Å². The third-order valence-electron chi connectivity index (χ3n) is 16.9. The van der Waals surface area contributed by atoms with Crippen LogP contribution in [0.1, 0.15) is 193 Å². The minimum atomic E-state index is -4.64. The van der Waals surface area contributed by atoms with Crippen molar-refractivity contribution < 1.29 is 152 Å². The van der Waals surface area contributed by atoms with E-state index in [4.69, 9.17) is 75.3 Å². The maximum absolute atomic E-state index is 12.8. The zero-order chi connectivity index (χ0) is 97.3. The topological polar surface area (TPSA) is 488 Å². The molecule has 11 N–H and O–H groups in total. The Labute approximate surface area is 721 Å². The average Bonchev–Trinajstić information content (AvgIpc) is 0.857. The van der Waals surface area contributed by atoms with Crippen LogP contribution in [-0.2, 0) is 90.6 Å². The zero-order valence-corrected chi connectivity index (χ0v) is 76.3. The van der Waals surface area contributed by atoms with E-state index in [1.807, 2.05) is 34.6 Å². The number of aldehydes is 2. The number of carbonyl (C=O) groups excluding carboxylic acids is 12. The van der Waals surface area contributed by atoms with Gasteiger partial charge in [-0.2, -0.15) is 26.3 Å². The smallest absolute Gasteiger partial charge is 0.446 e. The van der Waals surface area contributed by atoms with Crippen LogP contribution in [0.2, 0.25) is 0 Å². The Morgan fingerprint density at radius 3 is 0.911 bits per heavy atom. The number of nitrogens with zero attached hydrogens (tertiary/aromatic N) is 4. The Morgan fingerprint density at radius 1 is 0.415 bits per heavy atom. The van der Waals surface area contributed by atoms with Crippen molar-refractivity contribution in [2.75, 3.05) is 139 Å². The number of ether oxygens (including phenoxy) is 9. The summed E-state index contributed by atoms with van der Waals surface area (Å²) in [7, 11) is -1.00. The van der Waals surface area contributed by atoms with Gasteiger partial charge in [0.15, 0.2) is 11.6 Å². The number of Topliss-reactive ketones (excluding diaryl/α,β-unsaturated/α-hetero) is 2. The number of rotatable bonds is 22. The molecule has 0 aromatic heterocycles. The molecule has 11 atom stereocenters. The SMILES string of the molecule is C1COCCN1.CC[C@H](C)[C@H](N)C(=O)C[C@@H](C)C(=O)N1CCOCC1.CC[C@H](C)[C@H](NC(=O)OC(C)(C)C)C(=O)C[C@@H](C)C(=O)N1CCOCC1.CC[C@H](C)[C@H](NC(=O)OC(C)(C)C)C(=O)O.C[C@H](N)C(=O)N1CCOCC1.C[C@H](NC(=O)OC(C)(C)C)C(=O)N1CCOCC1.C[C@H](NC(=O)OC(C)(C)C)C(=O)O.O=CC(F)(F)F.O=CC(F)(F)F.[2H]CF. The summed E-state index contributed by atoms with van der Waals surface area (Å²) in [5, 5.41) is 30.3. The first-order valence-electron chi connectivity index (χ1n) is 41.3. The molecule has 0 radical (unpaired) electrons. The highest BCUT2D eigenvalue weighted by Gasteiger charge is 2.35. The summed E-state index contributed by atoms with van der Waals surface area (Å²) in [4.78, 5) is 164. The fraction of sp³-hybridized carbons (Fsp3) is 0.825. The molecular weight excluding hydrogens is 1650 g/mol. The van der Waals surface area contributed by atoms with Crippen LogP contribution >= 0.6 is 0 Å². The molecule has 5 aliphatic heterocycles. The lowest BCUT2D eigenvalue weighted by Crippen LogP contribution is -2.51. The molecule has 5 rings (SSSR count). The highest BCUT2D eigenvalue weighted by Crippen LogP contribution is 2.20. The second-order valence-electron chi connectivity index (χ2n) is 32.7. The van der Waals surface area contributed by atoms with E-state index in [-0.39, 0.29) is 77.8 Å². The number of carboxylic acids is 2. The lowest BCUT2D eigenvalue weighted by atomic mass is 9.90. The van der Waals surface area contributed by atoms with Gasteiger partial charge in [-0.25, -0.2) is 24.0 Å². The van der Waals surface area contributed by atoms with E-state index in [9.17, 15) is 88.3 Å². The van der Waals surface area contributed by atoms with E-state index in [0.717, 1.165) is 39.1 Å². The van der Waals surface area contributed by atoms with Crippen LogP contribution in [0.4, 0.5) is 49.9 Å². The van der Waals surface area contributed by atoms with Gasteiger partial charge in [0, 0.05) is 90.1 Å². The molecule has 0 aliphatic carbocycles. The van der Waals surface area contributed by atoms with E-state index in [1.54, 1.807) is 137 Å². The number of ketones is 2. The number of carboxylic acid groups (broad SMARTS) is 2. The van der Waals surface area contributed by atoms with Crippen LogP contribution in [-0.4, -0.2) is 324 Å². The van der Waals surface area contributed by atoms with E-state index in [2.05, 4.69) is 26.6 Å². The van der Waals surface area contributed by atoms with Crippen LogP contribution in [0.5, 0.6) is 0 Å². The van der Waals surface area contributed by atoms with Gasteiger partial charge in [-0.05, 0) is 122 Å². The molecule has 123 heavy (non-hydrogen) atoms. The number of carbonyl (C=O) groups is 14. The predicted molar refractivity (Wildman–Crippen MR) is 441 cm³/mol. The molecule has 36 nitrogen and oxygen atoms in total. The fourth-order valence-corrected chi connectivity index (χ4v) is 9.87.